The van der Waals surface area contributed by atoms with Gasteiger partial charge in [-0.1, -0.05) is 51.0 Å². The number of benzene rings is 2. The predicted octanol–water partition coefficient (Wildman–Crippen LogP) is 4.85. The van der Waals surface area contributed by atoms with Gasteiger partial charge < -0.3 is 4.74 Å². The average Bonchev–Trinajstić information content (AvgIpc) is 3.15. The second kappa shape index (κ2) is 6.51. The number of ether oxygens (including phenoxy) is 1. The SMILES string of the molecule is Clc1ccc(OCc2nn3c(-c4ccc(Br)cc4)nnc3s2)cc1. The van der Waals surface area contributed by atoms with Crippen molar-refractivity contribution in [2.45, 2.75) is 6.61 Å². The Morgan fingerprint density at radius 2 is 1.79 bits per heavy atom. The van der Waals surface area contributed by atoms with Crippen LogP contribution < -0.4 is 4.74 Å². The highest BCUT2D eigenvalue weighted by molar-refractivity contribution is 9.10. The molecule has 0 bridgehead atoms. The van der Waals surface area contributed by atoms with Crippen molar-refractivity contribution in [2.24, 2.45) is 0 Å². The summed E-state index contributed by atoms with van der Waals surface area (Å²) in [5.41, 5.74) is 0.959. The molecule has 0 N–H and O–H groups in total. The lowest BCUT2D eigenvalue weighted by Gasteiger charge is -2.03. The van der Waals surface area contributed by atoms with Crippen molar-refractivity contribution in [2.75, 3.05) is 0 Å². The fourth-order valence-electron chi connectivity index (χ4n) is 2.17. The van der Waals surface area contributed by atoms with E-state index in [0.29, 0.717) is 17.5 Å². The molecule has 0 aliphatic rings. The van der Waals surface area contributed by atoms with Crippen molar-refractivity contribution < 1.29 is 4.74 Å². The smallest absolute Gasteiger partial charge is 0.235 e. The van der Waals surface area contributed by atoms with Crippen LogP contribution in [0.2, 0.25) is 5.02 Å². The number of halogens is 2. The van der Waals surface area contributed by atoms with Gasteiger partial charge in [0, 0.05) is 15.1 Å². The minimum Gasteiger partial charge on any atom is -0.486 e. The molecule has 120 valence electrons. The normalized spacial score (nSPS) is 11.1. The van der Waals surface area contributed by atoms with E-state index in [2.05, 4.69) is 31.2 Å². The Hall–Kier alpha value is -1.96. The van der Waals surface area contributed by atoms with Gasteiger partial charge in [0.05, 0.1) is 0 Å². The third-order valence-electron chi connectivity index (χ3n) is 3.31. The molecule has 0 spiro atoms. The molecule has 0 aliphatic carbocycles. The van der Waals surface area contributed by atoms with Crippen molar-refractivity contribution in [1.82, 2.24) is 19.8 Å². The molecule has 2 aromatic heterocycles. The van der Waals surface area contributed by atoms with Crippen LogP contribution in [0.4, 0.5) is 0 Å². The molecule has 8 heteroatoms. The van der Waals surface area contributed by atoms with E-state index in [1.165, 1.54) is 11.3 Å². The van der Waals surface area contributed by atoms with Gasteiger partial charge in [0.1, 0.15) is 12.4 Å². The van der Waals surface area contributed by atoms with Gasteiger partial charge in [-0.05, 0) is 36.4 Å². The Balaban J connectivity index is 1.57. The summed E-state index contributed by atoms with van der Waals surface area (Å²) in [5.74, 6) is 1.46. The molecule has 0 aliphatic heterocycles. The molecule has 0 unspecified atom stereocenters. The summed E-state index contributed by atoms with van der Waals surface area (Å²) in [4.78, 5) is 0.739. The number of hydrogen-bond donors (Lipinski definition) is 0. The molecule has 4 rings (SSSR count). The number of hydrogen-bond acceptors (Lipinski definition) is 5. The van der Waals surface area contributed by atoms with Crippen LogP contribution in [0.15, 0.2) is 53.0 Å². The maximum atomic E-state index is 5.87. The number of nitrogens with zero attached hydrogens (tertiary/aromatic N) is 4. The lowest BCUT2D eigenvalue weighted by Crippen LogP contribution is -1.97. The minimum atomic E-state index is 0.370. The Morgan fingerprint density at radius 3 is 2.54 bits per heavy atom. The molecule has 2 heterocycles. The van der Waals surface area contributed by atoms with E-state index >= 15 is 0 Å². The predicted molar refractivity (Wildman–Crippen MR) is 97.6 cm³/mol. The van der Waals surface area contributed by atoms with Crippen LogP contribution in [0.25, 0.3) is 16.3 Å². The fraction of sp³-hybridized carbons (Fsp3) is 0.0625. The monoisotopic (exact) mass is 420 g/mol. The van der Waals surface area contributed by atoms with Crippen LogP contribution in [0.1, 0.15) is 5.01 Å². The van der Waals surface area contributed by atoms with Crippen molar-refractivity contribution in [3.05, 3.63) is 63.0 Å². The van der Waals surface area contributed by atoms with Crippen molar-refractivity contribution in [3.8, 4) is 17.1 Å². The van der Waals surface area contributed by atoms with Gasteiger partial charge in [0.2, 0.25) is 4.96 Å². The highest BCUT2D eigenvalue weighted by atomic mass is 79.9. The second-order valence-corrected chi connectivity index (χ2v) is 7.36. The van der Waals surface area contributed by atoms with Crippen LogP contribution in [0, 0.1) is 0 Å². The van der Waals surface area contributed by atoms with E-state index in [9.17, 15) is 0 Å². The van der Waals surface area contributed by atoms with E-state index in [-0.39, 0.29) is 0 Å². The molecule has 24 heavy (non-hydrogen) atoms. The topological polar surface area (TPSA) is 52.3 Å². The van der Waals surface area contributed by atoms with E-state index in [1.54, 1.807) is 16.6 Å². The summed E-state index contributed by atoms with van der Waals surface area (Å²) in [5, 5.41) is 14.5. The van der Waals surface area contributed by atoms with E-state index in [4.69, 9.17) is 16.3 Å². The van der Waals surface area contributed by atoms with Gasteiger partial charge in [0.15, 0.2) is 10.8 Å². The van der Waals surface area contributed by atoms with Gasteiger partial charge in [-0.15, -0.1) is 10.2 Å². The zero-order chi connectivity index (χ0) is 16.5. The molecule has 0 atom stereocenters. The van der Waals surface area contributed by atoms with E-state index < -0.39 is 0 Å². The fourth-order valence-corrected chi connectivity index (χ4v) is 3.31. The first-order chi connectivity index (χ1) is 11.7. The van der Waals surface area contributed by atoms with Gasteiger partial charge in [-0.3, -0.25) is 0 Å². The van der Waals surface area contributed by atoms with Crippen LogP contribution >= 0.6 is 38.9 Å². The lowest BCUT2D eigenvalue weighted by atomic mass is 10.2. The standard InChI is InChI=1S/C16H10BrClN4OS/c17-11-3-1-10(2-4-11)15-19-20-16-22(15)21-14(24-16)9-23-13-7-5-12(18)6-8-13/h1-8H,9H2. The molecule has 5 nitrogen and oxygen atoms in total. The zero-order valence-corrected chi connectivity index (χ0v) is 15.3. The third kappa shape index (κ3) is 3.15. The highest BCUT2D eigenvalue weighted by Gasteiger charge is 2.13. The quantitative estimate of drug-likeness (QED) is 0.473. The first kappa shape index (κ1) is 15.6. The second-order valence-electron chi connectivity index (χ2n) is 4.96. The summed E-state index contributed by atoms with van der Waals surface area (Å²) in [6.45, 7) is 0.370. The van der Waals surface area contributed by atoms with Gasteiger partial charge in [-0.2, -0.15) is 9.61 Å². The zero-order valence-electron chi connectivity index (χ0n) is 12.2. The van der Waals surface area contributed by atoms with E-state index in [0.717, 1.165) is 25.8 Å². The third-order valence-corrected chi connectivity index (χ3v) is 4.96. The van der Waals surface area contributed by atoms with Gasteiger partial charge in [-0.25, -0.2) is 0 Å². The Bertz CT molecular complexity index is 982. The Labute approximate surface area is 155 Å². The van der Waals surface area contributed by atoms with Crippen molar-refractivity contribution in [3.63, 3.8) is 0 Å². The Morgan fingerprint density at radius 1 is 1.04 bits per heavy atom. The summed E-state index contributed by atoms with van der Waals surface area (Å²) in [7, 11) is 0. The summed E-state index contributed by atoms with van der Waals surface area (Å²) >= 11 is 10.8. The lowest BCUT2D eigenvalue weighted by molar-refractivity contribution is 0.304. The van der Waals surface area contributed by atoms with Crippen LogP contribution in [0.3, 0.4) is 0 Å². The molecule has 4 aromatic rings. The van der Waals surface area contributed by atoms with Crippen LogP contribution in [0.5, 0.6) is 5.75 Å². The van der Waals surface area contributed by atoms with E-state index in [1.807, 2.05) is 36.4 Å². The van der Waals surface area contributed by atoms with Gasteiger partial charge in [0.25, 0.3) is 0 Å². The molecule has 0 amide bonds. The van der Waals surface area contributed by atoms with Gasteiger partial charge >= 0.3 is 0 Å². The molecule has 2 aromatic carbocycles. The molecule has 0 radical (unpaired) electrons. The first-order valence-corrected chi connectivity index (χ1v) is 9.03. The molecule has 0 saturated carbocycles. The van der Waals surface area contributed by atoms with Crippen molar-refractivity contribution >= 4 is 43.8 Å². The van der Waals surface area contributed by atoms with Crippen LogP contribution in [-0.2, 0) is 6.61 Å². The van der Waals surface area contributed by atoms with Crippen molar-refractivity contribution in [1.29, 1.82) is 0 Å². The maximum Gasteiger partial charge on any atom is 0.235 e. The molecule has 0 fully saturated rings. The summed E-state index contributed by atoms with van der Waals surface area (Å²) in [6, 6.07) is 15.1. The Kier molecular flexibility index (Phi) is 4.22. The largest absolute Gasteiger partial charge is 0.486 e. The maximum absolute atomic E-state index is 5.87. The average molecular weight is 422 g/mol. The number of fused-ring (bicyclic) bond motifs is 1. The first-order valence-electron chi connectivity index (χ1n) is 7.04. The number of rotatable bonds is 4. The summed E-state index contributed by atoms with van der Waals surface area (Å²) in [6.07, 6.45) is 0. The number of aromatic nitrogens is 4. The molecular weight excluding hydrogens is 412 g/mol. The molecular formula is C16H10BrClN4OS. The molecule has 0 saturated heterocycles. The minimum absolute atomic E-state index is 0.370. The van der Waals surface area contributed by atoms with Crippen LogP contribution in [-0.4, -0.2) is 19.8 Å². The summed E-state index contributed by atoms with van der Waals surface area (Å²) < 4.78 is 8.49. The highest BCUT2D eigenvalue weighted by Crippen LogP contribution is 2.24.